The molecule has 0 amide bonds. The molecule has 0 aliphatic rings. The summed E-state index contributed by atoms with van der Waals surface area (Å²) in [5, 5.41) is 9.07. The van der Waals surface area contributed by atoms with E-state index in [1.807, 2.05) is 48.7 Å². The first kappa shape index (κ1) is 30.8. The monoisotopic (exact) mass is 717 g/mol. The fourth-order valence-corrected chi connectivity index (χ4v) is 8.35. The van der Waals surface area contributed by atoms with Crippen molar-refractivity contribution in [2.24, 2.45) is 0 Å². The minimum Gasteiger partial charge on any atom is -0.456 e. The third kappa shape index (κ3) is 4.91. The van der Waals surface area contributed by atoms with Crippen molar-refractivity contribution in [3.8, 4) is 22.4 Å². The Labute approximate surface area is 320 Å². The van der Waals surface area contributed by atoms with Gasteiger partial charge in [-0.05, 0) is 118 Å². The maximum absolute atomic E-state index is 6.24. The molecule has 0 saturated carbocycles. The molecular formula is C51H31N3O2. The summed E-state index contributed by atoms with van der Waals surface area (Å²) in [5.41, 5.74) is 12.1. The number of nitrogens with zero attached hydrogens (tertiary/aromatic N) is 3. The largest absolute Gasteiger partial charge is 0.456 e. The summed E-state index contributed by atoms with van der Waals surface area (Å²) in [6.07, 6.45) is 4.11. The topological polar surface area (TPSA) is 46.8 Å². The summed E-state index contributed by atoms with van der Waals surface area (Å²) >= 11 is 0. The molecule has 4 heterocycles. The molecule has 4 aromatic heterocycles. The van der Waals surface area contributed by atoms with E-state index in [1.165, 1.54) is 0 Å². The van der Waals surface area contributed by atoms with Crippen LogP contribution in [0.1, 0.15) is 0 Å². The number of rotatable bonds is 5. The van der Waals surface area contributed by atoms with Crippen molar-refractivity contribution in [3.05, 3.63) is 188 Å². The number of hydrogen-bond acceptors (Lipinski definition) is 4. The van der Waals surface area contributed by atoms with Crippen LogP contribution < -0.4 is 4.90 Å². The van der Waals surface area contributed by atoms with Crippen LogP contribution in [0.4, 0.5) is 17.1 Å². The third-order valence-corrected chi connectivity index (χ3v) is 11.2. The summed E-state index contributed by atoms with van der Waals surface area (Å²) in [7, 11) is 0. The Hall–Kier alpha value is -7.63. The van der Waals surface area contributed by atoms with E-state index in [4.69, 9.17) is 13.8 Å². The van der Waals surface area contributed by atoms with Gasteiger partial charge in [0.05, 0.1) is 5.69 Å². The van der Waals surface area contributed by atoms with E-state index in [2.05, 4.69) is 149 Å². The zero-order valence-electron chi connectivity index (χ0n) is 30.1. The summed E-state index contributed by atoms with van der Waals surface area (Å²) in [6.45, 7) is 0. The van der Waals surface area contributed by atoms with Gasteiger partial charge >= 0.3 is 0 Å². The fraction of sp³-hybridized carbons (Fsp3) is 0. The average Bonchev–Trinajstić information content (AvgIpc) is 3.95. The maximum Gasteiger partial charge on any atom is 0.137 e. The predicted octanol–water partition coefficient (Wildman–Crippen LogP) is 14.2. The second-order valence-electron chi connectivity index (χ2n) is 14.5. The maximum atomic E-state index is 6.24. The van der Waals surface area contributed by atoms with Gasteiger partial charge in [-0.15, -0.1) is 0 Å². The molecule has 0 radical (unpaired) electrons. The van der Waals surface area contributed by atoms with Gasteiger partial charge in [-0.2, -0.15) is 0 Å². The highest BCUT2D eigenvalue weighted by atomic mass is 16.3. The Morgan fingerprint density at radius 1 is 0.393 bits per heavy atom. The van der Waals surface area contributed by atoms with E-state index in [0.29, 0.717) is 0 Å². The quantitative estimate of drug-likeness (QED) is 0.178. The van der Waals surface area contributed by atoms with Gasteiger partial charge in [0.2, 0.25) is 0 Å². The van der Waals surface area contributed by atoms with Crippen molar-refractivity contribution in [1.29, 1.82) is 0 Å². The molecule has 262 valence electrons. The number of hydrogen-bond donors (Lipinski definition) is 0. The molecule has 0 aliphatic carbocycles. The minimum atomic E-state index is 0.901. The van der Waals surface area contributed by atoms with E-state index in [-0.39, 0.29) is 0 Å². The lowest BCUT2D eigenvalue weighted by Crippen LogP contribution is -2.09. The van der Waals surface area contributed by atoms with Crippen molar-refractivity contribution < 1.29 is 8.83 Å². The van der Waals surface area contributed by atoms with Gasteiger partial charge in [0.15, 0.2) is 0 Å². The first-order chi connectivity index (χ1) is 27.7. The van der Waals surface area contributed by atoms with Gasteiger partial charge in [0, 0.05) is 56.6 Å². The first-order valence-electron chi connectivity index (χ1n) is 18.8. The predicted molar refractivity (Wildman–Crippen MR) is 230 cm³/mol. The molecule has 5 nitrogen and oxygen atoms in total. The summed E-state index contributed by atoms with van der Waals surface area (Å²) in [5.74, 6) is 0. The van der Waals surface area contributed by atoms with Crippen LogP contribution in [0.25, 0.3) is 93.5 Å². The molecule has 0 fully saturated rings. The van der Waals surface area contributed by atoms with Crippen LogP contribution in [0.15, 0.2) is 197 Å². The highest BCUT2D eigenvalue weighted by molar-refractivity contribution is 6.12. The molecule has 56 heavy (non-hydrogen) atoms. The molecule has 0 aliphatic heterocycles. The van der Waals surface area contributed by atoms with Gasteiger partial charge in [0.1, 0.15) is 28.0 Å². The van der Waals surface area contributed by atoms with Crippen molar-refractivity contribution in [3.63, 3.8) is 0 Å². The van der Waals surface area contributed by atoms with Crippen LogP contribution >= 0.6 is 0 Å². The van der Waals surface area contributed by atoms with Crippen LogP contribution in [0.2, 0.25) is 0 Å². The standard InChI is InChI=1S/C51H31N3O2/c1-3-9-47-42(7-1)44-27-37-25-40(22-18-35(37)29-49(44)55-47)54(41-23-19-36-30-50-45(28-38(36)26-41)43-8-2-4-10-48(43)56-50)39-20-16-33(17-21-39)32-12-14-34(15-13-32)46-31-53-24-6-5-11-51(53)52-46/h1-31H. The molecular weight excluding hydrogens is 687 g/mol. The summed E-state index contributed by atoms with van der Waals surface area (Å²) < 4.78 is 14.5. The normalized spacial score (nSPS) is 11.9. The van der Waals surface area contributed by atoms with Crippen molar-refractivity contribution in [1.82, 2.24) is 9.38 Å². The second-order valence-corrected chi connectivity index (χ2v) is 14.5. The van der Waals surface area contributed by atoms with E-state index in [9.17, 15) is 0 Å². The molecule has 12 aromatic rings. The number of benzene rings is 8. The Balaban J connectivity index is 0.972. The molecule has 0 unspecified atom stereocenters. The third-order valence-electron chi connectivity index (χ3n) is 11.2. The lowest BCUT2D eigenvalue weighted by molar-refractivity contribution is 0.669. The molecule has 0 bridgehead atoms. The number of fused-ring (bicyclic) bond motifs is 9. The van der Waals surface area contributed by atoms with Crippen LogP contribution in [0.3, 0.4) is 0 Å². The van der Waals surface area contributed by atoms with E-state index < -0.39 is 0 Å². The van der Waals surface area contributed by atoms with Gasteiger partial charge in [-0.1, -0.05) is 91.0 Å². The van der Waals surface area contributed by atoms with E-state index in [1.54, 1.807) is 0 Å². The number of para-hydroxylation sites is 2. The number of pyridine rings is 1. The van der Waals surface area contributed by atoms with Gasteiger partial charge in [-0.3, -0.25) is 0 Å². The van der Waals surface area contributed by atoms with Crippen molar-refractivity contribution >= 4 is 88.1 Å². The highest BCUT2D eigenvalue weighted by Crippen LogP contribution is 2.41. The van der Waals surface area contributed by atoms with Crippen LogP contribution in [-0.2, 0) is 0 Å². The van der Waals surface area contributed by atoms with Crippen LogP contribution in [0.5, 0.6) is 0 Å². The SMILES string of the molecule is c1ccc2c(c1)oc1cc3ccc(N(c4ccc(-c5ccc(-c6cn7ccccc7n6)cc5)cc4)c4ccc5cc6oc7ccccc7c6cc5c4)cc3cc12. The zero-order chi connectivity index (χ0) is 36.7. The first-order valence-corrected chi connectivity index (χ1v) is 18.8. The lowest BCUT2D eigenvalue weighted by Gasteiger charge is -2.26. The molecule has 0 atom stereocenters. The Morgan fingerprint density at radius 2 is 0.911 bits per heavy atom. The van der Waals surface area contributed by atoms with Crippen LogP contribution in [0, 0.1) is 0 Å². The number of furan rings is 2. The van der Waals surface area contributed by atoms with Gasteiger partial charge < -0.3 is 18.1 Å². The minimum absolute atomic E-state index is 0.901. The van der Waals surface area contributed by atoms with Crippen molar-refractivity contribution in [2.75, 3.05) is 4.90 Å². The molecule has 0 N–H and O–H groups in total. The number of anilines is 3. The molecule has 0 saturated heterocycles. The molecule has 8 aromatic carbocycles. The summed E-state index contributed by atoms with van der Waals surface area (Å²) in [4.78, 5) is 7.16. The Morgan fingerprint density at radius 3 is 1.50 bits per heavy atom. The number of imidazole rings is 1. The number of aromatic nitrogens is 2. The van der Waals surface area contributed by atoms with E-state index in [0.717, 1.165) is 111 Å². The lowest BCUT2D eigenvalue weighted by atomic mass is 10.0. The van der Waals surface area contributed by atoms with Gasteiger partial charge in [0.25, 0.3) is 0 Å². The zero-order valence-corrected chi connectivity index (χ0v) is 30.1. The highest BCUT2D eigenvalue weighted by Gasteiger charge is 2.17. The summed E-state index contributed by atoms with van der Waals surface area (Å²) in [6, 6.07) is 62.4. The fourth-order valence-electron chi connectivity index (χ4n) is 8.35. The van der Waals surface area contributed by atoms with Crippen molar-refractivity contribution in [2.45, 2.75) is 0 Å². The van der Waals surface area contributed by atoms with E-state index >= 15 is 0 Å². The Bertz CT molecular complexity index is 3290. The average molecular weight is 718 g/mol. The van der Waals surface area contributed by atoms with Gasteiger partial charge in [-0.25, -0.2) is 4.98 Å². The second kappa shape index (κ2) is 11.9. The molecule has 12 rings (SSSR count). The van der Waals surface area contributed by atoms with Crippen LogP contribution in [-0.4, -0.2) is 9.38 Å². The molecule has 5 heteroatoms. The Kier molecular flexibility index (Phi) is 6.56. The molecule has 0 spiro atoms. The smallest absolute Gasteiger partial charge is 0.137 e.